The average Bonchev–Trinajstić information content (AvgIpc) is 1.97. The van der Waals surface area contributed by atoms with Crippen LogP contribution in [0.25, 0.3) is 0 Å². The minimum Gasteiger partial charge on any atom is -0.251 e. The van der Waals surface area contributed by atoms with Crippen molar-refractivity contribution in [3.63, 3.8) is 0 Å². The molecule has 0 aromatic rings. The molecule has 0 heterocycles. The predicted octanol–water partition coefficient (Wildman–Crippen LogP) is 0.572. The summed E-state index contributed by atoms with van der Waals surface area (Å²) in [6, 6.07) is 0. The van der Waals surface area contributed by atoms with Crippen molar-refractivity contribution in [3.8, 4) is 35.2 Å². The molecule has 4 heteroatoms. The van der Waals surface area contributed by atoms with E-state index >= 15 is 0 Å². The highest BCUT2D eigenvalue weighted by Gasteiger charge is 1.63. The van der Waals surface area contributed by atoms with Crippen molar-refractivity contribution in [2.24, 2.45) is 0 Å². The van der Waals surface area contributed by atoms with Crippen LogP contribution >= 0.6 is 11.6 Å². The molecule has 0 radical (unpaired) electrons. The summed E-state index contributed by atoms with van der Waals surface area (Å²) in [7, 11) is 0. The molecule has 0 aliphatic heterocycles. The first-order chi connectivity index (χ1) is 4.91. The van der Waals surface area contributed by atoms with E-state index in [1.165, 1.54) is 0 Å². The summed E-state index contributed by atoms with van der Waals surface area (Å²) in [5.74, 6) is 8.86. The van der Waals surface area contributed by atoms with Crippen molar-refractivity contribution in [1.29, 1.82) is 0 Å². The van der Waals surface area contributed by atoms with Gasteiger partial charge in [-0.25, -0.2) is 5.26 Å². The third kappa shape index (κ3) is 6.69. The van der Waals surface area contributed by atoms with E-state index in [-0.39, 0.29) is 0 Å². The molecule has 0 rings (SSSR count). The highest BCUT2D eigenvalue weighted by Crippen LogP contribution is 1.64. The van der Waals surface area contributed by atoms with E-state index in [2.05, 4.69) is 33.6 Å². The van der Waals surface area contributed by atoms with Crippen molar-refractivity contribution < 1.29 is 15.2 Å². The summed E-state index contributed by atoms with van der Waals surface area (Å²) in [6.45, 7) is 0. The first-order valence-corrected chi connectivity index (χ1v) is 2.37. The van der Waals surface area contributed by atoms with Gasteiger partial charge in [-0.15, -0.1) is 0 Å². The van der Waals surface area contributed by atoms with Gasteiger partial charge < -0.3 is 0 Å². The number of halogens is 1. The monoisotopic (exact) mass is 156 g/mol. The molecule has 0 aromatic heterocycles. The lowest BCUT2D eigenvalue weighted by Gasteiger charge is -1.76. The Bertz CT molecular complexity index is 252. The fraction of sp³-hybridized carbons (Fsp3) is 0. The maximum Gasteiger partial charge on any atom is 0.174 e. The Morgan fingerprint density at radius 1 is 1.10 bits per heavy atom. The van der Waals surface area contributed by atoms with Gasteiger partial charge in [-0.05, 0) is 16.6 Å². The number of rotatable bonds is 1. The minimum atomic E-state index is 1.89. The van der Waals surface area contributed by atoms with Gasteiger partial charge in [0.15, 0.2) is 6.11 Å². The minimum absolute atomic E-state index is 1.89. The van der Waals surface area contributed by atoms with Crippen LogP contribution in [-0.2, 0) is 9.93 Å². The van der Waals surface area contributed by atoms with Crippen LogP contribution in [0.4, 0.5) is 0 Å². The second-order valence-corrected chi connectivity index (χ2v) is 1.04. The Morgan fingerprint density at radius 3 is 2.40 bits per heavy atom. The summed E-state index contributed by atoms with van der Waals surface area (Å²) in [5.41, 5.74) is 0. The van der Waals surface area contributed by atoms with Crippen LogP contribution in [0, 0.1) is 35.2 Å². The quantitative estimate of drug-likeness (QED) is 0.343. The van der Waals surface area contributed by atoms with Crippen molar-refractivity contribution in [2.45, 2.75) is 0 Å². The second kappa shape index (κ2) is 7.69. The lowest BCUT2D eigenvalue weighted by Crippen LogP contribution is -1.75. The fourth-order valence-electron chi connectivity index (χ4n) is 0.151. The van der Waals surface area contributed by atoms with Crippen LogP contribution in [0.3, 0.4) is 0 Å². The lowest BCUT2D eigenvalue weighted by atomic mass is 10.6. The Kier molecular flexibility index (Phi) is 6.68. The molecule has 50 valence electrons. The van der Waals surface area contributed by atoms with E-state index in [9.17, 15) is 0 Å². The van der Waals surface area contributed by atoms with Crippen LogP contribution in [0.2, 0.25) is 0 Å². The lowest BCUT2D eigenvalue weighted by molar-refractivity contribution is -0.458. The fourth-order valence-corrected chi connectivity index (χ4v) is 0.198. The molecular weight excluding hydrogens is 156 g/mol. The zero-order valence-electron chi connectivity index (χ0n) is 4.64. The summed E-state index contributed by atoms with van der Waals surface area (Å²) >= 11 is 4.93. The third-order valence-corrected chi connectivity index (χ3v) is 0.459. The summed E-state index contributed by atoms with van der Waals surface area (Å²) in [4.78, 5) is 3.72. The summed E-state index contributed by atoms with van der Waals surface area (Å²) in [5, 5.41) is 12.7. The average molecular weight is 157 g/mol. The van der Waals surface area contributed by atoms with E-state index in [4.69, 9.17) is 16.9 Å². The molecule has 0 unspecified atom stereocenters. The maximum atomic E-state index is 7.55. The van der Waals surface area contributed by atoms with Gasteiger partial charge in [0.2, 0.25) is 0 Å². The van der Waals surface area contributed by atoms with Gasteiger partial charge in [0.1, 0.15) is 0 Å². The zero-order chi connectivity index (χ0) is 7.66. The van der Waals surface area contributed by atoms with E-state index < -0.39 is 0 Å². The van der Waals surface area contributed by atoms with Gasteiger partial charge in [0.25, 0.3) is 0 Å². The molecule has 0 aliphatic rings. The van der Waals surface area contributed by atoms with E-state index in [1.54, 1.807) is 0 Å². The second-order valence-electron chi connectivity index (χ2n) is 0.854. The van der Waals surface area contributed by atoms with Crippen LogP contribution in [0.15, 0.2) is 0 Å². The molecule has 0 aliphatic carbocycles. The molecule has 1 N–H and O–H groups in total. The largest absolute Gasteiger partial charge is 0.251 e. The van der Waals surface area contributed by atoms with Crippen molar-refractivity contribution in [1.82, 2.24) is 0 Å². The molecule has 0 spiro atoms. The SMILES string of the molecule is OOOC#CC#CC#CCl. The van der Waals surface area contributed by atoms with Gasteiger partial charge >= 0.3 is 0 Å². The van der Waals surface area contributed by atoms with Crippen LogP contribution < -0.4 is 0 Å². The molecular formula is C6HClO3. The molecule has 0 amide bonds. The smallest absolute Gasteiger partial charge is 0.174 e. The molecule has 0 atom stereocenters. The molecule has 0 saturated carbocycles. The number of hydrogen-bond acceptors (Lipinski definition) is 3. The van der Waals surface area contributed by atoms with Crippen LogP contribution in [-0.4, -0.2) is 5.26 Å². The molecule has 0 bridgehead atoms. The number of hydrogen-bond donors (Lipinski definition) is 1. The van der Waals surface area contributed by atoms with E-state index in [1.807, 2.05) is 11.5 Å². The summed E-state index contributed by atoms with van der Waals surface area (Å²) < 4.78 is 0. The first-order valence-electron chi connectivity index (χ1n) is 1.99. The third-order valence-electron chi connectivity index (χ3n) is 0.365. The Labute approximate surface area is 62.7 Å². The van der Waals surface area contributed by atoms with Crippen LogP contribution in [0.1, 0.15) is 0 Å². The van der Waals surface area contributed by atoms with Gasteiger partial charge in [0.05, 0.1) is 0 Å². The Hall–Kier alpha value is -1.31. The van der Waals surface area contributed by atoms with Crippen molar-refractivity contribution in [2.75, 3.05) is 0 Å². The predicted molar refractivity (Wildman–Crippen MR) is 34.0 cm³/mol. The van der Waals surface area contributed by atoms with Gasteiger partial charge in [-0.3, -0.25) is 4.89 Å². The van der Waals surface area contributed by atoms with E-state index in [0.717, 1.165) is 0 Å². The topological polar surface area (TPSA) is 38.7 Å². The molecule has 10 heavy (non-hydrogen) atoms. The van der Waals surface area contributed by atoms with Crippen LogP contribution in [0.5, 0.6) is 0 Å². The highest BCUT2D eigenvalue weighted by atomic mass is 35.5. The normalized spacial score (nSPS) is 5.00. The zero-order valence-corrected chi connectivity index (χ0v) is 5.40. The Balaban J connectivity index is 3.63. The maximum absolute atomic E-state index is 7.55. The van der Waals surface area contributed by atoms with Gasteiger partial charge in [-0.2, -0.15) is 0 Å². The van der Waals surface area contributed by atoms with E-state index in [0.29, 0.717) is 0 Å². The highest BCUT2D eigenvalue weighted by molar-refractivity contribution is 6.30. The van der Waals surface area contributed by atoms with Crippen molar-refractivity contribution in [3.05, 3.63) is 0 Å². The van der Waals surface area contributed by atoms with Crippen molar-refractivity contribution >= 4 is 11.6 Å². The first kappa shape index (κ1) is 8.69. The molecule has 0 saturated heterocycles. The summed E-state index contributed by atoms with van der Waals surface area (Å²) in [6.07, 6.45) is 1.89. The van der Waals surface area contributed by atoms with Gasteiger partial charge in [0, 0.05) is 29.1 Å². The Morgan fingerprint density at radius 2 is 1.80 bits per heavy atom. The van der Waals surface area contributed by atoms with Gasteiger partial charge in [-0.1, -0.05) is 0 Å². The molecule has 3 nitrogen and oxygen atoms in total. The molecule has 0 aromatic carbocycles. The molecule has 0 fully saturated rings. The standard InChI is InChI=1S/C6HClO3/c7-5-3-1-2-4-6-9-10-8/h8H.